The fourth-order valence-electron chi connectivity index (χ4n) is 6.33. The number of carbonyl (C=O) groups excluding carboxylic acids is 2. The molecule has 1 saturated carbocycles. The highest BCUT2D eigenvalue weighted by Gasteiger charge is 2.52. The zero-order chi connectivity index (χ0) is 27.0. The zero-order valence-electron chi connectivity index (χ0n) is 22.3. The number of hydrogen-bond donors (Lipinski definition) is 1. The first-order valence-corrected chi connectivity index (χ1v) is 14.4. The molecule has 6 heteroatoms. The average Bonchev–Trinajstić information content (AvgIpc) is 3.10. The second kappa shape index (κ2) is 10.5. The van der Waals surface area contributed by atoms with Crippen LogP contribution in [0.3, 0.4) is 0 Å². The monoisotopic (exact) mass is 539 g/mol. The lowest BCUT2D eigenvalue weighted by Crippen LogP contribution is -2.63. The fraction of sp³-hybridized carbons (Fsp3) is 0.333. The number of amides is 2. The van der Waals surface area contributed by atoms with E-state index >= 15 is 0 Å². The van der Waals surface area contributed by atoms with Gasteiger partial charge in [0.15, 0.2) is 5.54 Å². The standard InChI is InChI=1S/C33H34ClN3O2/c1-23-13-16-25-20-30-31(38)37(21-24-14-17-27(34)18-15-24)33(22-36(30)29(25)19-23,26-9-5-4-6-10-26)32(39)35-28-11-7-2-3-8-12-28/h4-6,9-10,13-20,28H,2-3,7-8,11-12,21-22H2,1H3,(H,35,39)/t33-/m1/s1. The molecule has 0 radical (unpaired) electrons. The topological polar surface area (TPSA) is 54.3 Å². The number of hydrogen-bond acceptors (Lipinski definition) is 2. The van der Waals surface area contributed by atoms with E-state index in [0.29, 0.717) is 23.8 Å². The molecule has 1 aromatic heterocycles. The normalized spacial score (nSPS) is 20.1. The maximum absolute atomic E-state index is 14.7. The van der Waals surface area contributed by atoms with Crippen LogP contribution < -0.4 is 5.32 Å². The van der Waals surface area contributed by atoms with Crippen molar-refractivity contribution in [2.45, 2.75) is 70.1 Å². The Morgan fingerprint density at radius 2 is 1.67 bits per heavy atom. The van der Waals surface area contributed by atoms with Crippen molar-refractivity contribution in [2.75, 3.05) is 0 Å². The Bertz CT molecular complexity index is 1500. The summed E-state index contributed by atoms with van der Waals surface area (Å²) in [7, 11) is 0. The van der Waals surface area contributed by atoms with Crippen LogP contribution >= 0.6 is 11.6 Å². The van der Waals surface area contributed by atoms with Gasteiger partial charge in [-0.2, -0.15) is 0 Å². The molecule has 1 N–H and O–H groups in total. The van der Waals surface area contributed by atoms with E-state index in [1.165, 1.54) is 12.8 Å². The van der Waals surface area contributed by atoms with Crippen LogP contribution in [0.1, 0.15) is 65.7 Å². The largest absolute Gasteiger partial charge is 0.351 e. The van der Waals surface area contributed by atoms with Crippen molar-refractivity contribution in [3.8, 4) is 0 Å². The van der Waals surface area contributed by atoms with Gasteiger partial charge in [0.05, 0.1) is 6.54 Å². The van der Waals surface area contributed by atoms with Crippen LogP contribution in [-0.4, -0.2) is 27.3 Å². The quantitative estimate of drug-likeness (QED) is 0.278. The Balaban J connectivity index is 1.53. The Morgan fingerprint density at radius 3 is 2.38 bits per heavy atom. The predicted octanol–water partition coefficient (Wildman–Crippen LogP) is 6.99. The summed E-state index contributed by atoms with van der Waals surface area (Å²) in [5, 5.41) is 5.07. The molecule has 1 atom stereocenters. The number of halogens is 1. The molecule has 0 unspecified atom stereocenters. The minimum Gasteiger partial charge on any atom is -0.351 e. The highest BCUT2D eigenvalue weighted by molar-refractivity contribution is 6.30. The number of fused-ring (bicyclic) bond motifs is 3. The number of rotatable bonds is 5. The van der Waals surface area contributed by atoms with Crippen molar-refractivity contribution < 1.29 is 9.59 Å². The predicted molar refractivity (Wildman–Crippen MR) is 156 cm³/mol. The second-order valence-electron chi connectivity index (χ2n) is 11.1. The molecule has 6 rings (SSSR count). The van der Waals surface area contributed by atoms with Gasteiger partial charge in [-0.05, 0) is 60.7 Å². The van der Waals surface area contributed by atoms with E-state index in [1.807, 2.05) is 60.7 Å². The molecule has 0 spiro atoms. The van der Waals surface area contributed by atoms with E-state index in [0.717, 1.165) is 53.3 Å². The first-order valence-electron chi connectivity index (χ1n) is 14.0. The third-order valence-electron chi connectivity index (χ3n) is 8.44. The van der Waals surface area contributed by atoms with E-state index in [2.05, 4.69) is 35.0 Å². The van der Waals surface area contributed by atoms with Crippen LogP contribution in [0.2, 0.25) is 5.02 Å². The van der Waals surface area contributed by atoms with E-state index in [4.69, 9.17) is 11.6 Å². The molecule has 1 aliphatic heterocycles. The van der Waals surface area contributed by atoms with E-state index < -0.39 is 5.54 Å². The molecular weight excluding hydrogens is 506 g/mol. The van der Waals surface area contributed by atoms with Gasteiger partial charge in [-0.25, -0.2) is 0 Å². The van der Waals surface area contributed by atoms with Crippen molar-refractivity contribution in [2.24, 2.45) is 0 Å². The molecule has 2 amide bonds. The summed E-state index contributed by atoms with van der Waals surface area (Å²) >= 11 is 6.18. The SMILES string of the molecule is Cc1ccc2cc3n(c2c1)C[C@](C(=O)NC1CCCCCC1)(c1ccccc1)N(Cc1ccc(Cl)cc1)C3=O. The minimum absolute atomic E-state index is 0.108. The summed E-state index contributed by atoms with van der Waals surface area (Å²) in [6, 6.07) is 25.7. The number of carbonyl (C=O) groups is 2. The molecule has 2 aliphatic rings. The zero-order valence-corrected chi connectivity index (χ0v) is 23.1. The number of aromatic nitrogens is 1. The Hall–Kier alpha value is -3.57. The van der Waals surface area contributed by atoms with Gasteiger partial charge in [-0.15, -0.1) is 0 Å². The molecule has 3 aromatic carbocycles. The Morgan fingerprint density at radius 1 is 0.949 bits per heavy atom. The fourth-order valence-corrected chi connectivity index (χ4v) is 6.46. The van der Waals surface area contributed by atoms with Gasteiger partial charge in [0.1, 0.15) is 5.69 Å². The maximum atomic E-state index is 14.7. The molecule has 200 valence electrons. The van der Waals surface area contributed by atoms with Crippen LogP contribution in [0, 0.1) is 6.92 Å². The second-order valence-corrected chi connectivity index (χ2v) is 11.5. The van der Waals surface area contributed by atoms with Crippen LogP contribution in [0.4, 0.5) is 0 Å². The van der Waals surface area contributed by atoms with E-state index in [1.54, 1.807) is 4.90 Å². The Kier molecular flexibility index (Phi) is 6.94. The van der Waals surface area contributed by atoms with Crippen molar-refractivity contribution in [1.29, 1.82) is 0 Å². The van der Waals surface area contributed by atoms with Gasteiger partial charge in [-0.3, -0.25) is 9.59 Å². The number of benzene rings is 3. The summed E-state index contributed by atoms with van der Waals surface area (Å²) in [6.07, 6.45) is 6.58. The van der Waals surface area contributed by atoms with Gasteiger partial charge in [0.25, 0.3) is 11.8 Å². The van der Waals surface area contributed by atoms with Crippen molar-refractivity contribution in [3.63, 3.8) is 0 Å². The Labute approximate surface area is 234 Å². The van der Waals surface area contributed by atoms with Crippen LogP contribution in [0.5, 0.6) is 0 Å². The van der Waals surface area contributed by atoms with Gasteiger partial charge in [0, 0.05) is 28.5 Å². The van der Waals surface area contributed by atoms with Crippen molar-refractivity contribution in [3.05, 3.63) is 106 Å². The molecule has 0 saturated heterocycles. The molecule has 2 heterocycles. The first kappa shape index (κ1) is 25.7. The van der Waals surface area contributed by atoms with Crippen molar-refractivity contribution >= 4 is 34.3 Å². The van der Waals surface area contributed by atoms with Gasteiger partial charge >= 0.3 is 0 Å². The smallest absolute Gasteiger partial charge is 0.272 e. The third-order valence-corrected chi connectivity index (χ3v) is 8.70. The average molecular weight is 540 g/mol. The molecule has 5 nitrogen and oxygen atoms in total. The molecule has 39 heavy (non-hydrogen) atoms. The summed E-state index contributed by atoms with van der Waals surface area (Å²) in [4.78, 5) is 31.0. The lowest BCUT2D eigenvalue weighted by Gasteiger charge is -2.47. The highest BCUT2D eigenvalue weighted by Crippen LogP contribution is 2.41. The number of nitrogens with one attached hydrogen (secondary N) is 1. The van der Waals surface area contributed by atoms with Crippen molar-refractivity contribution in [1.82, 2.24) is 14.8 Å². The lowest BCUT2D eigenvalue weighted by atomic mass is 9.83. The lowest BCUT2D eigenvalue weighted by molar-refractivity contribution is -0.136. The molecule has 1 aliphatic carbocycles. The summed E-state index contributed by atoms with van der Waals surface area (Å²) < 4.78 is 2.06. The van der Waals surface area contributed by atoms with E-state index in [9.17, 15) is 9.59 Å². The van der Waals surface area contributed by atoms with Gasteiger partial charge < -0.3 is 14.8 Å². The van der Waals surface area contributed by atoms with Gasteiger partial charge in [0.2, 0.25) is 0 Å². The highest BCUT2D eigenvalue weighted by atomic mass is 35.5. The van der Waals surface area contributed by atoms with Crippen LogP contribution in [-0.2, 0) is 23.4 Å². The van der Waals surface area contributed by atoms with Crippen LogP contribution in [0.25, 0.3) is 10.9 Å². The summed E-state index contributed by atoms with van der Waals surface area (Å²) in [5.41, 5.74) is 3.24. The molecular formula is C33H34ClN3O2. The molecule has 4 aromatic rings. The summed E-state index contributed by atoms with van der Waals surface area (Å²) in [5.74, 6) is -0.256. The minimum atomic E-state index is -1.22. The molecule has 0 bridgehead atoms. The first-order chi connectivity index (χ1) is 19.0. The van der Waals surface area contributed by atoms with Gasteiger partial charge in [-0.1, -0.05) is 91.9 Å². The maximum Gasteiger partial charge on any atom is 0.272 e. The van der Waals surface area contributed by atoms with Crippen LogP contribution in [0.15, 0.2) is 78.9 Å². The number of aryl methyl sites for hydroxylation is 1. The molecule has 1 fully saturated rings. The van der Waals surface area contributed by atoms with E-state index in [-0.39, 0.29) is 17.9 Å². The number of nitrogens with zero attached hydrogens (tertiary/aromatic N) is 2. The summed E-state index contributed by atoms with van der Waals surface area (Å²) in [6.45, 7) is 2.70. The third kappa shape index (κ3) is 4.74.